The van der Waals surface area contributed by atoms with Crippen LogP contribution in [0.1, 0.15) is 23.2 Å². The highest BCUT2D eigenvalue weighted by molar-refractivity contribution is 6.33. The van der Waals surface area contributed by atoms with Gasteiger partial charge in [0.15, 0.2) is 18.2 Å². The molecule has 18 heteroatoms. The number of benzene rings is 2. The monoisotopic (exact) mass is 736 g/mol. The molecule has 2 atom stereocenters. The SMILES string of the molecule is CNC(=O)COc1cc2cc(Nc3nc(N4CCOC(COc5ccc(C(=O)NC6CCC(=O)NC6=O)c(F)c5)C4)ncc3Cl)ccc2n(C)c1=O. The minimum Gasteiger partial charge on any atom is -0.491 e. The largest absolute Gasteiger partial charge is 0.491 e. The number of ether oxygens (including phenoxy) is 3. The summed E-state index contributed by atoms with van der Waals surface area (Å²) in [6.45, 7) is 0.921. The van der Waals surface area contributed by atoms with Crippen molar-refractivity contribution in [1.29, 1.82) is 0 Å². The maximum absolute atomic E-state index is 14.9. The number of nitrogens with zero attached hydrogens (tertiary/aromatic N) is 4. The topological polar surface area (TPSA) is 195 Å². The van der Waals surface area contributed by atoms with Gasteiger partial charge in [0.05, 0.1) is 30.4 Å². The third kappa shape index (κ3) is 8.21. The molecule has 52 heavy (non-hydrogen) atoms. The van der Waals surface area contributed by atoms with E-state index in [1.165, 1.54) is 29.9 Å². The number of fused-ring (bicyclic) bond motifs is 1. The van der Waals surface area contributed by atoms with Gasteiger partial charge in [-0.1, -0.05) is 11.6 Å². The molecule has 2 aliphatic rings. The van der Waals surface area contributed by atoms with Crippen LogP contribution < -0.4 is 41.2 Å². The maximum Gasteiger partial charge on any atom is 0.293 e. The number of imide groups is 1. The van der Waals surface area contributed by atoms with E-state index in [4.69, 9.17) is 25.8 Å². The Morgan fingerprint density at radius 2 is 1.96 bits per heavy atom. The van der Waals surface area contributed by atoms with Crippen molar-refractivity contribution in [3.8, 4) is 11.5 Å². The molecule has 0 aliphatic carbocycles. The third-order valence-corrected chi connectivity index (χ3v) is 8.69. The lowest BCUT2D eigenvalue weighted by molar-refractivity contribution is -0.134. The number of likely N-dealkylation sites (N-methyl/N-ethyl adjacent to an activating group) is 1. The van der Waals surface area contributed by atoms with Crippen molar-refractivity contribution < 1.29 is 37.8 Å². The Balaban J connectivity index is 1.08. The van der Waals surface area contributed by atoms with Crippen LogP contribution in [0.4, 0.5) is 21.8 Å². The Hall–Kier alpha value is -5.81. The molecule has 16 nitrogen and oxygen atoms in total. The van der Waals surface area contributed by atoms with Crippen molar-refractivity contribution in [3.05, 3.63) is 75.4 Å². The average molecular weight is 737 g/mol. The van der Waals surface area contributed by atoms with Crippen LogP contribution in [0.2, 0.25) is 5.02 Å². The van der Waals surface area contributed by atoms with Gasteiger partial charge in [-0.15, -0.1) is 0 Å². The fourth-order valence-corrected chi connectivity index (χ4v) is 5.75. The summed E-state index contributed by atoms with van der Waals surface area (Å²) in [7, 11) is 3.09. The Bertz CT molecular complexity index is 2110. The molecule has 4 N–H and O–H groups in total. The van der Waals surface area contributed by atoms with E-state index in [0.29, 0.717) is 48.1 Å². The van der Waals surface area contributed by atoms with Gasteiger partial charge in [0, 0.05) is 44.2 Å². The molecule has 4 aromatic rings. The van der Waals surface area contributed by atoms with Crippen LogP contribution >= 0.6 is 11.6 Å². The number of rotatable bonds is 11. The first kappa shape index (κ1) is 36.0. The molecular weight excluding hydrogens is 703 g/mol. The highest BCUT2D eigenvalue weighted by Gasteiger charge is 2.29. The molecule has 0 spiro atoms. The second-order valence-corrected chi connectivity index (χ2v) is 12.4. The zero-order valence-corrected chi connectivity index (χ0v) is 28.8. The molecule has 2 aliphatic heterocycles. The fraction of sp³-hybridized carbons (Fsp3) is 0.324. The highest BCUT2D eigenvalue weighted by Crippen LogP contribution is 2.28. The van der Waals surface area contributed by atoms with E-state index in [9.17, 15) is 28.4 Å². The first-order valence-electron chi connectivity index (χ1n) is 16.2. The highest BCUT2D eigenvalue weighted by atomic mass is 35.5. The van der Waals surface area contributed by atoms with Crippen LogP contribution in [-0.2, 0) is 26.2 Å². The Labute approximate surface area is 300 Å². The lowest BCUT2D eigenvalue weighted by atomic mass is 10.1. The molecule has 0 saturated carbocycles. The van der Waals surface area contributed by atoms with Crippen molar-refractivity contribution in [3.63, 3.8) is 0 Å². The number of nitrogens with one attached hydrogen (secondary N) is 4. The Morgan fingerprint density at radius 3 is 2.73 bits per heavy atom. The summed E-state index contributed by atoms with van der Waals surface area (Å²) in [5.74, 6) is -2.14. The number of carbonyl (C=O) groups excluding carboxylic acids is 4. The molecule has 272 valence electrons. The number of carbonyl (C=O) groups is 4. The summed E-state index contributed by atoms with van der Waals surface area (Å²) in [5, 5.41) is 11.2. The van der Waals surface area contributed by atoms with Crippen molar-refractivity contribution in [2.24, 2.45) is 7.05 Å². The van der Waals surface area contributed by atoms with Gasteiger partial charge in [-0.2, -0.15) is 4.98 Å². The number of morpholine rings is 1. The molecule has 4 heterocycles. The van der Waals surface area contributed by atoms with E-state index in [0.717, 1.165) is 6.07 Å². The van der Waals surface area contributed by atoms with Crippen LogP contribution in [0.5, 0.6) is 11.5 Å². The number of halogens is 2. The van der Waals surface area contributed by atoms with Gasteiger partial charge in [0.2, 0.25) is 17.8 Å². The van der Waals surface area contributed by atoms with Gasteiger partial charge in [0.25, 0.3) is 17.4 Å². The zero-order valence-electron chi connectivity index (χ0n) is 28.0. The number of hydrogen-bond acceptors (Lipinski definition) is 12. The van der Waals surface area contributed by atoms with Crippen molar-refractivity contribution in [2.75, 3.05) is 50.2 Å². The minimum absolute atomic E-state index is 0.0283. The fourth-order valence-electron chi connectivity index (χ4n) is 5.61. The van der Waals surface area contributed by atoms with Gasteiger partial charge in [-0.3, -0.25) is 29.3 Å². The normalized spacial score (nSPS) is 17.3. The summed E-state index contributed by atoms with van der Waals surface area (Å²) in [5.41, 5.74) is 0.614. The van der Waals surface area contributed by atoms with E-state index in [-0.39, 0.29) is 59.6 Å². The number of hydrogen-bond donors (Lipinski definition) is 4. The predicted molar refractivity (Wildman–Crippen MR) is 187 cm³/mol. The number of amides is 4. The van der Waals surface area contributed by atoms with Gasteiger partial charge in [0.1, 0.15) is 35.3 Å². The van der Waals surface area contributed by atoms with Crippen LogP contribution in [0.3, 0.4) is 0 Å². The second-order valence-electron chi connectivity index (χ2n) is 12.0. The predicted octanol–water partition coefficient (Wildman–Crippen LogP) is 1.81. The number of anilines is 3. The molecule has 0 radical (unpaired) electrons. The molecule has 2 fully saturated rings. The summed E-state index contributed by atoms with van der Waals surface area (Å²) < 4.78 is 33.4. The molecule has 2 saturated heterocycles. The molecule has 6 rings (SSSR count). The van der Waals surface area contributed by atoms with Crippen molar-refractivity contribution in [1.82, 2.24) is 30.5 Å². The molecule has 0 bridgehead atoms. The van der Waals surface area contributed by atoms with Gasteiger partial charge < -0.3 is 39.6 Å². The van der Waals surface area contributed by atoms with E-state index in [2.05, 4.69) is 31.2 Å². The number of aryl methyl sites for hydroxylation is 1. The maximum atomic E-state index is 14.9. The standard InChI is InChI=1S/C34H34ClFN8O8/c1-37-29(46)17-52-27-12-18-11-19(3-7-26(18)43(2)33(27)49)39-30-23(35)14-38-34(42-30)44-9-10-50-21(15-44)16-51-20-4-5-22(24(36)13-20)31(47)40-25-6-8-28(45)41-32(25)48/h3-5,7,11-14,21,25H,6,8-10,15-17H2,1-2H3,(H,37,46)(H,40,47)(H,38,39,42)(H,41,45,48). The molecular formula is C34H34ClFN8O8. The zero-order chi connectivity index (χ0) is 36.9. The minimum atomic E-state index is -0.933. The summed E-state index contributed by atoms with van der Waals surface area (Å²) >= 11 is 6.47. The van der Waals surface area contributed by atoms with Crippen LogP contribution in [0.25, 0.3) is 10.9 Å². The van der Waals surface area contributed by atoms with Crippen molar-refractivity contribution in [2.45, 2.75) is 25.0 Å². The van der Waals surface area contributed by atoms with E-state index < -0.39 is 35.7 Å². The summed E-state index contributed by atoms with van der Waals surface area (Å²) in [6.07, 6.45) is 1.25. The van der Waals surface area contributed by atoms with Crippen LogP contribution in [-0.4, -0.2) is 90.3 Å². The van der Waals surface area contributed by atoms with E-state index in [1.54, 1.807) is 31.3 Å². The first-order chi connectivity index (χ1) is 25.0. The molecule has 4 amide bonds. The first-order valence-corrected chi connectivity index (χ1v) is 16.6. The third-order valence-electron chi connectivity index (χ3n) is 8.41. The van der Waals surface area contributed by atoms with Gasteiger partial charge >= 0.3 is 0 Å². The number of pyridine rings is 1. The Kier molecular flexibility index (Phi) is 10.8. The van der Waals surface area contributed by atoms with Gasteiger partial charge in [-0.25, -0.2) is 9.37 Å². The lowest BCUT2D eigenvalue weighted by Crippen LogP contribution is -2.52. The number of piperidine rings is 1. The van der Waals surface area contributed by atoms with Crippen LogP contribution in [0, 0.1) is 5.82 Å². The van der Waals surface area contributed by atoms with E-state index in [1.807, 2.05) is 4.90 Å². The molecule has 2 unspecified atom stereocenters. The van der Waals surface area contributed by atoms with Crippen molar-refractivity contribution >= 4 is 63.6 Å². The average Bonchev–Trinajstić information content (AvgIpc) is 3.13. The van der Waals surface area contributed by atoms with E-state index >= 15 is 0 Å². The lowest BCUT2D eigenvalue weighted by Gasteiger charge is -2.33. The smallest absolute Gasteiger partial charge is 0.293 e. The molecule has 2 aromatic heterocycles. The van der Waals surface area contributed by atoms with Crippen LogP contribution in [0.15, 0.2) is 53.5 Å². The quantitative estimate of drug-likeness (QED) is 0.163. The number of aromatic nitrogens is 3. The Morgan fingerprint density at radius 1 is 1.13 bits per heavy atom. The van der Waals surface area contributed by atoms with Gasteiger partial charge in [-0.05, 0) is 42.8 Å². The summed E-state index contributed by atoms with van der Waals surface area (Å²) in [6, 6.07) is 9.73. The second kappa shape index (κ2) is 15.6. The molecule has 2 aromatic carbocycles. The summed E-state index contributed by atoms with van der Waals surface area (Å²) in [4.78, 5) is 71.2.